The van der Waals surface area contributed by atoms with Gasteiger partial charge < -0.3 is 25.0 Å². The molecule has 2 aliphatic heterocycles. The number of aromatic hydroxyl groups is 3. The molecule has 0 radical (unpaired) electrons. The van der Waals surface area contributed by atoms with Crippen molar-refractivity contribution in [2.75, 3.05) is 4.90 Å². The zero-order valence-electron chi connectivity index (χ0n) is 32.0. The monoisotopic (exact) mass is 725 g/mol. The van der Waals surface area contributed by atoms with Gasteiger partial charge in [0, 0.05) is 44.4 Å². The van der Waals surface area contributed by atoms with Crippen molar-refractivity contribution in [3.63, 3.8) is 0 Å². The molecule has 2 heterocycles. The van der Waals surface area contributed by atoms with Crippen LogP contribution >= 0.6 is 0 Å². The molecular weight excluding hydrogens is 679 g/mol. The molecule has 0 bridgehead atoms. The van der Waals surface area contributed by atoms with Gasteiger partial charge in [-0.2, -0.15) is 0 Å². The molecule has 1 fully saturated rings. The molecule has 0 amide bonds. The van der Waals surface area contributed by atoms with Crippen LogP contribution in [0.5, 0.6) is 23.0 Å². The molecule has 3 aliphatic rings. The first-order chi connectivity index (χ1) is 26.5. The zero-order valence-corrected chi connectivity index (χ0v) is 32.0. The number of ether oxygens (including phenoxy) is 1. The van der Waals surface area contributed by atoms with E-state index in [0.717, 1.165) is 87.8 Å². The number of hydrogen-bond acceptors (Lipinski definition) is 5. The fraction of sp³-hybridized carbons (Fsp3) is 0.240. The number of nitrogens with zero attached hydrogens (tertiary/aromatic N) is 1. The molecule has 6 aromatic carbocycles. The summed E-state index contributed by atoms with van der Waals surface area (Å²) in [7, 11) is 0. The van der Waals surface area contributed by atoms with Crippen LogP contribution in [-0.2, 0) is 11.0 Å². The first kappa shape index (κ1) is 34.8. The second-order valence-corrected chi connectivity index (χ2v) is 16.4. The summed E-state index contributed by atoms with van der Waals surface area (Å²) in [5.74, 6) is 0.413. The Kier molecular flexibility index (Phi) is 7.95. The third kappa shape index (κ3) is 5.20. The summed E-state index contributed by atoms with van der Waals surface area (Å²) >= 11 is 0. The number of benzene rings is 6. The van der Waals surface area contributed by atoms with Crippen LogP contribution in [0.15, 0.2) is 128 Å². The molecule has 1 saturated heterocycles. The van der Waals surface area contributed by atoms with E-state index < -0.39 is 11.0 Å². The number of anilines is 1. The number of allylic oxidation sites excluding steroid dienone is 1. The van der Waals surface area contributed by atoms with Gasteiger partial charge in [-0.3, -0.25) is 0 Å². The normalized spacial score (nSPS) is 20.9. The maximum atomic E-state index is 11.2. The van der Waals surface area contributed by atoms with E-state index in [9.17, 15) is 15.3 Å². The molecule has 1 aliphatic carbocycles. The highest BCUT2D eigenvalue weighted by Crippen LogP contribution is 2.59. The lowest BCUT2D eigenvalue weighted by molar-refractivity contribution is 0.163. The summed E-state index contributed by atoms with van der Waals surface area (Å²) in [6, 6.07) is 36.4. The highest BCUT2D eigenvalue weighted by atomic mass is 16.5. The minimum atomic E-state index is -1.09. The van der Waals surface area contributed by atoms with Crippen LogP contribution in [-0.4, -0.2) is 20.9 Å². The van der Waals surface area contributed by atoms with Gasteiger partial charge in [0.2, 0.25) is 0 Å². The fourth-order valence-electron chi connectivity index (χ4n) is 10.00. The Hall–Kier alpha value is -5.94. The average Bonchev–Trinajstić information content (AvgIpc) is 3.27. The molecule has 6 aromatic rings. The largest absolute Gasteiger partial charge is 0.508 e. The van der Waals surface area contributed by atoms with Crippen LogP contribution < -0.4 is 9.64 Å². The summed E-state index contributed by atoms with van der Waals surface area (Å²) in [5, 5.41) is 34.3. The van der Waals surface area contributed by atoms with Gasteiger partial charge >= 0.3 is 0 Å². The average molecular weight is 726 g/mol. The van der Waals surface area contributed by atoms with Crippen molar-refractivity contribution in [2.24, 2.45) is 0 Å². The van der Waals surface area contributed by atoms with Crippen LogP contribution in [0.1, 0.15) is 87.6 Å². The maximum absolute atomic E-state index is 11.2. The minimum absolute atomic E-state index is 0.0572. The lowest BCUT2D eigenvalue weighted by Crippen LogP contribution is -2.46. The van der Waals surface area contributed by atoms with Crippen LogP contribution in [0.3, 0.4) is 0 Å². The van der Waals surface area contributed by atoms with Gasteiger partial charge in [-0.05, 0) is 121 Å². The van der Waals surface area contributed by atoms with Crippen molar-refractivity contribution < 1.29 is 20.1 Å². The number of phenolic OH excluding ortho intramolecular Hbond substituents is 3. The molecule has 5 nitrogen and oxygen atoms in total. The Labute approximate surface area is 323 Å². The van der Waals surface area contributed by atoms with Crippen LogP contribution in [0.25, 0.3) is 39.1 Å². The van der Waals surface area contributed by atoms with Gasteiger partial charge in [0.05, 0.1) is 0 Å². The predicted molar refractivity (Wildman–Crippen MR) is 224 cm³/mol. The quantitative estimate of drug-likeness (QED) is 0.154. The molecule has 2 unspecified atom stereocenters. The number of phenols is 3. The van der Waals surface area contributed by atoms with Gasteiger partial charge in [-0.15, -0.1) is 0 Å². The van der Waals surface area contributed by atoms with E-state index in [4.69, 9.17) is 4.74 Å². The molecular formula is C50H47NO4. The molecule has 9 rings (SSSR count). The van der Waals surface area contributed by atoms with Crippen molar-refractivity contribution >= 4 is 22.5 Å². The Morgan fingerprint density at radius 1 is 0.745 bits per heavy atom. The predicted octanol–water partition coefficient (Wildman–Crippen LogP) is 12.3. The Morgan fingerprint density at radius 3 is 2.04 bits per heavy atom. The second kappa shape index (κ2) is 12.6. The molecule has 276 valence electrons. The summed E-state index contributed by atoms with van der Waals surface area (Å²) in [4.78, 5) is 2.36. The Bertz CT molecular complexity index is 2550. The van der Waals surface area contributed by atoms with Crippen molar-refractivity contribution in [1.82, 2.24) is 0 Å². The van der Waals surface area contributed by atoms with E-state index in [1.807, 2.05) is 12.1 Å². The number of hydrogen-bond donors (Lipinski definition) is 3. The van der Waals surface area contributed by atoms with Crippen LogP contribution in [0.2, 0.25) is 0 Å². The van der Waals surface area contributed by atoms with E-state index in [1.54, 1.807) is 24.3 Å². The highest BCUT2D eigenvalue weighted by Gasteiger charge is 2.44. The van der Waals surface area contributed by atoms with Crippen molar-refractivity contribution in [3.05, 3.63) is 155 Å². The molecule has 2 atom stereocenters. The van der Waals surface area contributed by atoms with Gasteiger partial charge in [-0.25, -0.2) is 0 Å². The number of fused-ring (bicyclic) bond motifs is 10. The first-order valence-corrected chi connectivity index (χ1v) is 19.5. The van der Waals surface area contributed by atoms with Crippen molar-refractivity contribution in [1.29, 1.82) is 0 Å². The third-order valence-corrected chi connectivity index (χ3v) is 12.5. The lowest BCUT2D eigenvalue weighted by Gasteiger charge is -2.45. The van der Waals surface area contributed by atoms with Gasteiger partial charge in [0.15, 0.2) is 17.1 Å². The highest BCUT2D eigenvalue weighted by molar-refractivity contribution is 6.10. The lowest BCUT2D eigenvalue weighted by atomic mass is 9.67. The van der Waals surface area contributed by atoms with E-state index in [1.165, 1.54) is 11.1 Å². The summed E-state index contributed by atoms with van der Waals surface area (Å²) in [5.41, 5.74) is 10.1. The standard InChI is InChI=1S/C50H47NO4/c1-6-26-49(5)42-16-10-9-14-37(42)36-13-7-8-15-38(36)45-40-29-43(53)44(54)30-41(40)47-39(46(45)49)25-28-50(55-47,33-19-23-35(52)24-20-33)32-17-21-34(22-18-32)51-31(2)12-11-27-48(51,3)4/h7-10,13-25,28-30,52-54H,2,6,11-12,26-27H2,1,3-5H3. The fourth-order valence-corrected chi connectivity index (χ4v) is 10.00. The first-order valence-electron chi connectivity index (χ1n) is 19.5. The summed E-state index contributed by atoms with van der Waals surface area (Å²) < 4.78 is 7.55. The molecule has 3 N–H and O–H groups in total. The smallest absolute Gasteiger partial charge is 0.178 e. The van der Waals surface area contributed by atoms with Crippen molar-refractivity contribution in [2.45, 2.75) is 76.4 Å². The van der Waals surface area contributed by atoms with Gasteiger partial charge in [0.1, 0.15) is 11.5 Å². The number of rotatable bonds is 5. The molecule has 0 spiro atoms. The Morgan fingerprint density at radius 2 is 1.36 bits per heavy atom. The number of piperidine rings is 1. The molecule has 0 saturated carbocycles. The molecule has 0 aromatic heterocycles. The van der Waals surface area contributed by atoms with Crippen molar-refractivity contribution in [3.8, 4) is 45.3 Å². The molecule has 5 heteroatoms. The second-order valence-electron chi connectivity index (χ2n) is 16.4. The van der Waals surface area contributed by atoms with Gasteiger partial charge in [-0.1, -0.05) is 106 Å². The van der Waals surface area contributed by atoms with E-state index in [-0.39, 0.29) is 22.8 Å². The van der Waals surface area contributed by atoms with E-state index in [0.29, 0.717) is 11.1 Å². The van der Waals surface area contributed by atoms with Crippen LogP contribution in [0.4, 0.5) is 5.69 Å². The van der Waals surface area contributed by atoms with Crippen LogP contribution in [0, 0.1) is 0 Å². The third-order valence-electron chi connectivity index (χ3n) is 12.5. The SMILES string of the molecule is C=C1CCCC(C)(C)N1c1ccc(C2(c3ccc(O)cc3)C=Cc3c4c(c5cc(O)c(O)cc5c3O2)-c2ccccc2-c2ccccc2C4(C)CCC)cc1. The summed E-state index contributed by atoms with van der Waals surface area (Å²) in [6.07, 6.45) is 9.37. The Balaban J connectivity index is 1.35. The van der Waals surface area contributed by atoms with Gasteiger partial charge in [0.25, 0.3) is 0 Å². The summed E-state index contributed by atoms with van der Waals surface area (Å²) in [6.45, 7) is 13.6. The molecule has 55 heavy (non-hydrogen) atoms. The maximum Gasteiger partial charge on any atom is 0.178 e. The topological polar surface area (TPSA) is 73.2 Å². The van der Waals surface area contributed by atoms with E-state index in [2.05, 4.69) is 124 Å². The zero-order chi connectivity index (χ0) is 38.3. The van der Waals surface area contributed by atoms with E-state index >= 15 is 0 Å². The minimum Gasteiger partial charge on any atom is -0.508 e.